The number of anilines is 1. The number of thiazole rings is 1. The molecule has 1 amide bonds. The van der Waals surface area contributed by atoms with Crippen molar-refractivity contribution in [3.8, 4) is 0 Å². The zero-order valence-corrected chi connectivity index (χ0v) is 19.0. The molecule has 0 radical (unpaired) electrons. The number of aryl methyl sites for hydroxylation is 2. The molecular weight excluding hydrogens is 458 g/mol. The molecule has 1 fully saturated rings. The van der Waals surface area contributed by atoms with Crippen molar-refractivity contribution in [3.63, 3.8) is 0 Å². The van der Waals surface area contributed by atoms with Gasteiger partial charge in [-0.1, -0.05) is 29.5 Å². The van der Waals surface area contributed by atoms with Gasteiger partial charge in [0.25, 0.3) is 5.78 Å². The molecule has 0 saturated carbocycles. The number of Topliss-reactive ketones (excluding diaryl/α,β-unsaturated/α-hetero) is 1. The van der Waals surface area contributed by atoms with Gasteiger partial charge in [0.1, 0.15) is 17.4 Å². The van der Waals surface area contributed by atoms with Gasteiger partial charge in [-0.05, 0) is 73.0 Å². The molecule has 8 heteroatoms. The number of benzene rings is 3. The Morgan fingerprint density at radius 3 is 2.44 bits per heavy atom. The van der Waals surface area contributed by atoms with Crippen LogP contribution in [0.3, 0.4) is 0 Å². The van der Waals surface area contributed by atoms with E-state index in [1.807, 2.05) is 26.0 Å². The molecule has 170 valence electrons. The predicted octanol–water partition coefficient (Wildman–Crippen LogP) is 5.82. The van der Waals surface area contributed by atoms with Crippen molar-refractivity contribution in [2.45, 2.75) is 19.9 Å². The fourth-order valence-corrected chi connectivity index (χ4v) is 5.42. The quantitative estimate of drug-likeness (QED) is 0.230. The average molecular weight is 477 g/mol. The fraction of sp³-hybridized carbons (Fsp3) is 0.115. The van der Waals surface area contributed by atoms with Gasteiger partial charge < -0.3 is 5.11 Å². The van der Waals surface area contributed by atoms with E-state index in [-0.39, 0.29) is 16.3 Å². The Balaban J connectivity index is 1.75. The molecule has 1 saturated heterocycles. The van der Waals surface area contributed by atoms with E-state index >= 15 is 0 Å². The summed E-state index contributed by atoms with van der Waals surface area (Å²) < 4.78 is 28.4. The summed E-state index contributed by atoms with van der Waals surface area (Å²) in [6, 6.07) is 13.2. The van der Waals surface area contributed by atoms with Crippen LogP contribution in [0.25, 0.3) is 16.0 Å². The lowest BCUT2D eigenvalue weighted by molar-refractivity contribution is -0.132. The minimum absolute atomic E-state index is 0.163. The second-order valence-electron chi connectivity index (χ2n) is 8.16. The number of hydrogen-bond donors (Lipinski definition) is 1. The predicted molar refractivity (Wildman–Crippen MR) is 127 cm³/mol. The van der Waals surface area contributed by atoms with Gasteiger partial charge in [-0.2, -0.15) is 0 Å². The van der Waals surface area contributed by atoms with Crippen molar-refractivity contribution in [3.05, 3.63) is 100 Å². The van der Waals surface area contributed by atoms with Gasteiger partial charge in [0.15, 0.2) is 5.13 Å². The molecule has 2 heterocycles. The van der Waals surface area contributed by atoms with Crippen LogP contribution in [0.5, 0.6) is 0 Å². The molecule has 0 unspecified atom stereocenters. The Labute approximate surface area is 197 Å². The van der Waals surface area contributed by atoms with E-state index in [1.165, 1.54) is 46.6 Å². The van der Waals surface area contributed by atoms with Crippen LogP contribution in [0.4, 0.5) is 13.9 Å². The standard InChI is InChI=1S/C26H18F2N2O3S/c1-13-10-14(2)21-19(11-13)34-26(29-21)30-22(16-4-3-5-18(28)12-16)20(24(32)25(30)33)23(31)15-6-8-17(27)9-7-15/h3-12,22,31H,1-2H3/b23-20+/t22-/m0/s1. The van der Waals surface area contributed by atoms with Gasteiger partial charge in [0.2, 0.25) is 0 Å². The topological polar surface area (TPSA) is 70.5 Å². The van der Waals surface area contributed by atoms with E-state index in [4.69, 9.17) is 0 Å². The first-order valence-corrected chi connectivity index (χ1v) is 11.3. The van der Waals surface area contributed by atoms with Crippen LogP contribution < -0.4 is 4.90 Å². The number of aromatic nitrogens is 1. The summed E-state index contributed by atoms with van der Waals surface area (Å²) in [5.74, 6) is -3.35. The first-order chi connectivity index (χ1) is 16.2. The van der Waals surface area contributed by atoms with E-state index in [1.54, 1.807) is 6.07 Å². The highest BCUT2D eigenvalue weighted by molar-refractivity contribution is 7.22. The van der Waals surface area contributed by atoms with Crippen LogP contribution in [0.2, 0.25) is 0 Å². The third-order valence-electron chi connectivity index (χ3n) is 5.75. The third-order valence-corrected chi connectivity index (χ3v) is 6.75. The van der Waals surface area contributed by atoms with Crippen LogP contribution in [0.15, 0.2) is 66.2 Å². The third kappa shape index (κ3) is 3.56. The number of aliphatic hydroxyl groups excluding tert-OH is 1. The molecule has 4 aromatic rings. The van der Waals surface area contributed by atoms with E-state index in [9.17, 15) is 23.5 Å². The smallest absolute Gasteiger partial charge is 0.301 e. The Bertz CT molecular complexity index is 1510. The molecule has 1 atom stereocenters. The molecule has 1 aromatic heterocycles. The highest BCUT2D eigenvalue weighted by Gasteiger charge is 2.48. The molecule has 5 rings (SSSR count). The Morgan fingerprint density at radius 2 is 1.74 bits per heavy atom. The summed E-state index contributed by atoms with van der Waals surface area (Å²) in [5.41, 5.74) is 2.90. The van der Waals surface area contributed by atoms with Gasteiger partial charge >= 0.3 is 5.91 Å². The molecule has 0 spiro atoms. The SMILES string of the molecule is Cc1cc(C)c2nc(N3C(=O)C(=O)/C(=C(/O)c4ccc(F)cc4)[C@@H]3c3cccc(F)c3)sc2c1. The van der Waals surface area contributed by atoms with E-state index in [0.717, 1.165) is 28.0 Å². The molecule has 1 N–H and O–H groups in total. The number of rotatable bonds is 3. The van der Waals surface area contributed by atoms with Gasteiger partial charge in [-0.15, -0.1) is 0 Å². The maximum Gasteiger partial charge on any atom is 0.301 e. The number of amides is 1. The van der Waals surface area contributed by atoms with Crippen molar-refractivity contribution >= 4 is 44.1 Å². The van der Waals surface area contributed by atoms with Crippen molar-refractivity contribution in [1.29, 1.82) is 0 Å². The van der Waals surface area contributed by atoms with Crippen molar-refractivity contribution in [1.82, 2.24) is 4.98 Å². The number of ketones is 1. The Morgan fingerprint density at radius 1 is 1.00 bits per heavy atom. The second-order valence-corrected chi connectivity index (χ2v) is 9.17. The average Bonchev–Trinajstić information content (AvgIpc) is 3.33. The number of halogens is 2. The molecule has 3 aromatic carbocycles. The fourth-order valence-electron chi connectivity index (χ4n) is 4.25. The monoisotopic (exact) mass is 476 g/mol. The van der Waals surface area contributed by atoms with Crippen LogP contribution >= 0.6 is 11.3 Å². The van der Waals surface area contributed by atoms with E-state index in [0.29, 0.717) is 11.1 Å². The lowest BCUT2D eigenvalue weighted by atomic mass is 9.95. The van der Waals surface area contributed by atoms with Gasteiger partial charge in [-0.25, -0.2) is 13.8 Å². The lowest BCUT2D eigenvalue weighted by Gasteiger charge is -2.23. The van der Waals surface area contributed by atoms with Gasteiger partial charge in [0.05, 0.1) is 21.8 Å². The number of hydrogen-bond acceptors (Lipinski definition) is 5. The van der Waals surface area contributed by atoms with Crippen LogP contribution in [0.1, 0.15) is 28.3 Å². The van der Waals surface area contributed by atoms with Crippen molar-refractivity contribution < 1.29 is 23.5 Å². The summed E-state index contributed by atoms with van der Waals surface area (Å²) >= 11 is 1.24. The van der Waals surface area contributed by atoms with Crippen LogP contribution in [0, 0.1) is 25.5 Å². The number of nitrogens with zero attached hydrogens (tertiary/aromatic N) is 2. The summed E-state index contributed by atoms with van der Waals surface area (Å²) in [6.07, 6.45) is 0. The van der Waals surface area contributed by atoms with Gasteiger partial charge in [-0.3, -0.25) is 14.5 Å². The molecule has 1 aliphatic rings. The summed E-state index contributed by atoms with van der Waals surface area (Å²) in [5, 5.41) is 11.3. The second kappa shape index (κ2) is 8.14. The minimum Gasteiger partial charge on any atom is -0.507 e. The number of carbonyl (C=O) groups is 2. The van der Waals surface area contributed by atoms with Crippen LogP contribution in [-0.4, -0.2) is 21.8 Å². The minimum atomic E-state index is -1.11. The van der Waals surface area contributed by atoms with Crippen molar-refractivity contribution in [2.75, 3.05) is 4.90 Å². The molecule has 0 aliphatic carbocycles. The van der Waals surface area contributed by atoms with Crippen molar-refractivity contribution in [2.24, 2.45) is 0 Å². The first-order valence-electron chi connectivity index (χ1n) is 10.4. The summed E-state index contributed by atoms with van der Waals surface area (Å²) in [4.78, 5) is 32.2. The van der Waals surface area contributed by atoms with Crippen LogP contribution in [-0.2, 0) is 9.59 Å². The highest BCUT2D eigenvalue weighted by atomic mass is 32.1. The maximum atomic E-state index is 14.2. The number of carbonyl (C=O) groups excluding carboxylic acids is 2. The maximum absolute atomic E-state index is 14.2. The molecular formula is C26H18F2N2O3S. The normalized spacial score (nSPS) is 17.6. The molecule has 1 aliphatic heterocycles. The first kappa shape index (κ1) is 21.9. The molecule has 0 bridgehead atoms. The highest BCUT2D eigenvalue weighted by Crippen LogP contribution is 2.44. The summed E-state index contributed by atoms with van der Waals surface area (Å²) in [7, 11) is 0. The zero-order chi connectivity index (χ0) is 24.1. The lowest BCUT2D eigenvalue weighted by Crippen LogP contribution is -2.29. The molecule has 34 heavy (non-hydrogen) atoms. The largest absolute Gasteiger partial charge is 0.507 e. The van der Waals surface area contributed by atoms with E-state index in [2.05, 4.69) is 4.98 Å². The van der Waals surface area contributed by atoms with E-state index < -0.39 is 35.1 Å². The molecule has 5 nitrogen and oxygen atoms in total. The Hall–Kier alpha value is -3.91. The van der Waals surface area contributed by atoms with Gasteiger partial charge in [0, 0.05) is 5.56 Å². The summed E-state index contributed by atoms with van der Waals surface area (Å²) in [6.45, 7) is 3.86. The number of fused-ring (bicyclic) bond motifs is 1. The Kier molecular flexibility index (Phi) is 5.25. The zero-order valence-electron chi connectivity index (χ0n) is 18.2. The number of aliphatic hydroxyl groups is 1.